The Morgan fingerprint density at radius 3 is 2.50 bits per heavy atom. The van der Waals surface area contributed by atoms with E-state index in [4.69, 9.17) is 5.11 Å². The molecule has 0 aliphatic carbocycles. The van der Waals surface area contributed by atoms with Crippen molar-refractivity contribution in [2.75, 3.05) is 12.0 Å². The van der Waals surface area contributed by atoms with E-state index in [1.165, 1.54) is 12.1 Å². The highest BCUT2D eigenvalue weighted by atomic mass is 32.2. The lowest BCUT2D eigenvalue weighted by Gasteiger charge is -2.05. The topological polar surface area (TPSA) is 66.4 Å². The van der Waals surface area contributed by atoms with Gasteiger partial charge in [0.15, 0.2) is 0 Å². The Hall–Kier alpha value is -1.49. The molecule has 0 spiro atoms. The SMILES string of the molecule is CSCCCC(=O)NCc1ccc(C(=O)O)cc1. The summed E-state index contributed by atoms with van der Waals surface area (Å²) < 4.78 is 0. The molecule has 1 rings (SSSR count). The zero-order chi connectivity index (χ0) is 13.4. The van der Waals surface area contributed by atoms with Crippen molar-refractivity contribution < 1.29 is 14.7 Å². The highest BCUT2D eigenvalue weighted by Crippen LogP contribution is 2.05. The van der Waals surface area contributed by atoms with E-state index >= 15 is 0 Å². The first kappa shape index (κ1) is 14.6. The third-order valence-corrected chi connectivity index (χ3v) is 3.14. The van der Waals surface area contributed by atoms with E-state index in [2.05, 4.69) is 5.32 Å². The van der Waals surface area contributed by atoms with Gasteiger partial charge in [0.1, 0.15) is 0 Å². The van der Waals surface area contributed by atoms with Crippen LogP contribution in [-0.2, 0) is 11.3 Å². The van der Waals surface area contributed by atoms with Gasteiger partial charge in [-0.05, 0) is 36.1 Å². The zero-order valence-corrected chi connectivity index (χ0v) is 11.1. The fraction of sp³-hybridized carbons (Fsp3) is 0.385. The number of hydrogen-bond acceptors (Lipinski definition) is 3. The molecule has 2 N–H and O–H groups in total. The van der Waals surface area contributed by atoms with Gasteiger partial charge in [0.25, 0.3) is 0 Å². The van der Waals surface area contributed by atoms with E-state index in [1.807, 2.05) is 6.26 Å². The maximum Gasteiger partial charge on any atom is 0.335 e. The Labute approximate surface area is 111 Å². The normalized spacial score (nSPS) is 10.1. The van der Waals surface area contributed by atoms with Crippen molar-refractivity contribution in [3.05, 3.63) is 35.4 Å². The summed E-state index contributed by atoms with van der Waals surface area (Å²) in [4.78, 5) is 22.1. The number of rotatable bonds is 7. The molecule has 0 bridgehead atoms. The first-order chi connectivity index (χ1) is 8.63. The number of carboxylic acid groups (broad SMARTS) is 1. The largest absolute Gasteiger partial charge is 0.478 e. The first-order valence-electron chi connectivity index (χ1n) is 5.71. The Balaban J connectivity index is 2.34. The van der Waals surface area contributed by atoms with Crippen molar-refractivity contribution in [1.82, 2.24) is 5.32 Å². The van der Waals surface area contributed by atoms with Crippen LogP contribution in [0.1, 0.15) is 28.8 Å². The van der Waals surface area contributed by atoms with Gasteiger partial charge in [-0.15, -0.1) is 0 Å². The maximum atomic E-state index is 11.5. The molecule has 0 unspecified atom stereocenters. The van der Waals surface area contributed by atoms with Gasteiger partial charge >= 0.3 is 5.97 Å². The average molecular weight is 267 g/mol. The van der Waals surface area contributed by atoms with Gasteiger partial charge in [-0.25, -0.2) is 4.79 Å². The molecule has 5 heteroatoms. The van der Waals surface area contributed by atoms with Crippen LogP contribution in [0.15, 0.2) is 24.3 Å². The van der Waals surface area contributed by atoms with Crippen molar-refractivity contribution in [1.29, 1.82) is 0 Å². The van der Waals surface area contributed by atoms with Crippen LogP contribution in [0.4, 0.5) is 0 Å². The fourth-order valence-corrected chi connectivity index (χ4v) is 1.86. The second-order valence-corrected chi connectivity index (χ2v) is 4.86. The van der Waals surface area contributed by atoms with E-state index in [9.17, 15) is 9.59 Å². The third-order valence-electron chi connectivity index (χ3n) is 2.44. The minimum Gasteiger partial charge on any atom is -0.478 e. The van der Waals surface area contributed by atoms with Crippen molar-refractivity contribution in [3.63, 3.8) is 0 Å². The van der Waals surface area contributed by atoms with Gasteiger partial charge in [-0.1, -0.05) is 12.1 Å². The lowest BCUT2D eigenvalue weighted by Crippen LogP contribution is -2.22. The lowest BCUT2D eigenvalue weighted by atomic mass is 10.1. The Morgan fingerprint density at radius 1 is 1.28 bits per heavy atom. The molecule has 0 saturated heterocycles. The number of nitrogens with one attached hydrogen (secondary N) is 1. The van der Waals surface area contributed by atoms with Gasteiger partial charge in [0, 0.05) is 13.0 Å². The van der Waals surface area contributed by atoms with Crippen LogP contribution in [0, 0.1) is 0 Å². The molecule has 0 saturated carbocycles. The summed E-state index contributed by atoms with van der Waals surface area (Å²) in [5.41, 5.74) is 1.16. The summed E-state index contributed by atoms with van der Waals surface area (Å²) in [6, 6.07) is 6.51. The van der Waals surface area contributed by atoms with Crippen LogP contribution in [0.25, 0.3) is 0 Å². The van der Waals surface area contributed by atoms with Gasteiger partial charge in [0.2, 0.25) is 5.91 Å². The quantitative estimate of drug-likeness (QED) is 0.743. The number of aromatic carboxylic acids is 1. The van der Waals surface area contributed by atoms with Crippen molar-refractivity contribution >= 4 is 23.6 Å². The molecule has 4 nitrogen and oxygen atoms in total. The predicted octanol–water partition coefficient (Wildman–Crippen LogP) is 2.14. The second kappa shape index (κ2) is 7.76. The average Bonchev–Trinajstić information content (AvgIpc) is 2.37. The van der Waals surface area contributed by atoms with E-state index < -0.39 is 5.97 Å². The molecule has 0 radical (unpaired) electrons. The minimum atomic E-state index is -0.942. The summed E-state index contributed by atoms with van der Waals surface area (Å²) in [5.74, 6) is 0.0785. The van der Waals surface area contributed by atoms with Crippen molar-refractivity contribution in [2.24, 2.45) is 0 Å². The first-order valence-corrected chi connectivity index (χ1v) is 7.10. The third kappa shape index (κ3) is 5.23. The van der Waals surface area contributed by atoms with Gasteiger partial charge in [-0.3, -0.25) is 4.79 Å². The van der Waals surface area contributed by atoms with Crippen LogP contribution in [-0.4, -0.2) is 29.0 Å². The highest BCUT2D eigenvalue weighted by molar-refractivity contribution is 7.98. The molecule has 0 fully saturated rings. The molecule has 18 heavy (non-hydrogen) atoms. The number of carbonyl (C=O) groups excluding carboxylic acids is 1. The van der Waals surface area contributed by atoms with Gasteiger partial charge in [0.05, 0.1) is 5.56 Å². The summed E-state index contributed by atoms with van der Waals surface area (Å²) in [6.45, 7) is 0.442. The van der Waals surface area contributed by atoms with Gasteiger partial charge < -0.3 is 10.4 Å². The second-order valence-electron chi connectivity index (χ2n) is 3.88. The van der Waals surface area contributed by atoms with Crippen LogP contribution in [0.3, 0.4) is 0 Å². The molecule has 1 aromatic rings. The standard InChI is InChI=1S/C13H17NO3S/c1-18-8-2-3-12(15)14-9-10-4-6-11(7-5-10)13(16)17/h4-7H,2-3,8-9H2,1H3,(H,14,15)(H,16,17). The van der Waals surface area contributed by atoms with Crippen molar-refractivity contribution in [3.8, 4) is 0 Å². The van der Waals surface area contributed by atoms with Crippen LogP contribution < -0.4 is 5.32 Å². The number of carboxylic acids is 1. The maximum absolute atomic E-state index is 11.5. The van der Waals surface area contributed by atoms with Crippen LogP contribution in [0.5, 0.6) is 0 Å². The predicted molar refractivity (Wildman–Crippen MR) is 72.9 cm³/mol. The molecule has 1 aromatic carbocycles. The van der Waals surface area contributed by atoms with E-state index in [-0.39, 0.29) is 11.5 Å². The molecule has 0 heterocycles. The summed E-state index contributed by atoms with van der Waals surface area (Å²) in [6.07, 6.45) is 3.43. The molecule has 0 aliphatic rings. The smallest absolute Gasteiger partial charge is 0.335 e. The molecular formula is C13H17NO3S. The molecular weight excluding hydrogens is 250 g/mol. The summed E-state index contributed by atoms with van der Waals surface area (Å²) in [5, 5.41) is 11.6. The minimum absolute atomic E-state index is 0.0337. The highest BCUT2D eigenvalue weighted by Gasteiger charge is 2.03. The Kier molecular flexibility index (Phi) is 6.28. The summed E-state index contributed by atoms with van der Waals surface area (Å²) >= 11 is 1.73. The number of amides is 1. The molecule has 0 aliphatic heterocycles. The molecule has 1 amide bonds. The molecule has 0 atom stereocenters. The van der Waals surface area contributed by atoms with E-state index in [1.54, 1.807) is 23.9 Å². The monoisotopic (exact) mass is 267 g/mol. The van der Waals surface area contributed by atoms with Crippen molar-refractivity contribution in [2.45, 2.75) is 19.4 Å². The Morgan fingerprint density at radius 2 is 1.94 bits per heavy atom. The van der Waals surface area contributed by atoms with Gasteiger partial charge in [-0.2, -0.15) is 11.8 Å². The molecule has 98 valence electrons. The number of carbonyl (C=O) groups is 2. The number of thioether (sulfide) groups is 1. The number of benzene rings is 1. The number of hydrogen-bond donors (Lipinski definition) is 2. The van der Waals surface area contributed by atoms with Crippen LogP contribution in [0.2, 0.25) is 0 Å². The van der Waals surface area contributed by atoms with E-state index in [0.717, 1.165) is 17.7 Å². The zero-order valence-electron chi connectivity index (χ0n) is 10.3. The fourth-order valence-electron chi connectivity index (χ4n) is 1.43. The van der Waals surface area contributed by atoms with Crippen LogP contribution >= 0.6 is 11.8 Å². The summed E-state index contributed by atoms with van der Waals surface area (Å²) in [7, 11) is 0. The molecule has 0 aromatic heterocycles. The Bertz CT molecular complexity index is 403. The lowest BCUT2D eigenvalue weighted by molar-refractivity contribution is -0.121. The van der Waals surface area contributed by atoms with E-state index in [0.29, 0.717) is 13.0 Å².